The van der Waals surface area contributed by atoms with Crippen LogP contribution >= 0.6 is 0 Å². The number of aliphatic hydroxyl groups is 1. The topological polar surface area (TPSA) is 46.5 Å². The van der Waals surface area contributed by atoms with Gasteiger partial charge in [-0.2, -0.15) is 0 Å². The van der Waals surface area contributed by atoms with Crippen molar-refractivity contribution in [2.24, 2.45) is 0 Å². The Hall–Kier alpha value is -0.570. The molecule has 0 amide bonds. The molecule has 0 aromatic rings. The number of ether oxygens (including phenoxy) is 1. The molecule has 3 nitrogen and oxygen atoms in total. The van der Waals surface area contributed by atoms with Crippen LogP contribution in [0.1, 0.15) is 64.7 Å². The maximum absolute atomic E-state index is 11.2. The number of hydrogen-bond acceptors (Lipinski definition) is 3. The molecule has 0 unspecified atom stereocenters. The second-order valence-corrected chi connectivity index (χ2v) is 4.17. The van der Waals surface area contributed by atoms with E-state index < -0.39 is 0 Å². The van der Waals surface area contributed by atoms with E-state index in [2.05, 4.69) is 6.92 Å². The van der Waals surface area contributed by atoms with Gasteiger partial charge >= 0.3 is 5.97 Å². The molecule has 0 fully saturated rings. The van der Waals surface area contributed by atoms with Gasteiger partial charge in [-0.25, -0.2) is 0 Å². The molecule has 0 atom stereocenters. The molecule has 0 radical (unpaired) electrons. The van der Waals surface area contributed by atoms with E-state index in [0.29, 0.717) is 13.0 Å². The third kappa shape index (κ3) is 11.5. The van der Waals surface area contributed by atoms with Gasteiger partial charge in [0.25, 0.3) is 0 Å². The van der Waals surface area contributed by atoms with Crippen molar-refractivity contribution in [3.63, 3.8) is 0 Å². The lowest BCUT2D eigenvalue weighted by Crippen LogP contribution is -2.05. The lowest BCUT2D eigenvalue weighted by Gasteiger charge is -2.04. The molecule has 0 aliphatic heterocycles. The monoisotopic (exact) mass is 230 g/mol. The summed E-state index contributed by atoms with van der Waals surface area (Å²) in [6, 6.07) is 0. The molecular formula is C13H26O3. The number of esters is 1. The predicted molar refractivity (Wildman–Crippen MR) is 65.3 cm³/mol. The van der Waals surface area contributed by atoms with Gasteiger partial charge in [-0.15, -0.1) is 0 Å². The summed E-state index contributed by atoms with van der Waals surface area (Å²) >= 11 is 0. The van der Waals surface area contributed by atoms with Crippen LogP contribution in [0.4, 0.5) is 0 Å². The number of unbranched alkanes of at least 4 members (excludes halogenated alkanes) is 6. The average Bonchev–Trinajstić information content (AvgIpc) is 2.28. The second kappa shape index (κ2) is 12.5. The van der Waals surface area contributed by atoms with Crippen molar-refractivity contribution in [2.75, 3.05) is 13.2 Å². The molecule has 0 heterocycles. The van der Waals surface area contributed by atoms with E-state index in [1.807, 2.05) is 0 Å². The zero-order valence-corrected chi connectivity index (χ0v) is 10.5. The predicted octanol–water partition coefficient (Wildman–Crippen LogP) is 3.05. The Kier molecular flexibility index (Phi) is 12.1. The SMILES string of the molecule is CCCCCCOC(=O)CCCCCCO. The number of rotatable bonds is 11. The van der Waals surface area contributed by atoms with Crippen molar-refractivity contribution >= 4 is 5.97 Å². The Morgan fingerprint density at radius 2 is 1.69 bits per heavy atom. The van der Waals surface area contributed by atoms with Crippen molar-refractivity contribution in [1.82, 2.24) is 0 Å². The largest absolute Gasteiger partial charge is 0.466 e. The fourth-order valence-electron chi connectivity index (χ4n) is 1.52. The fourth-order valence-corrected chi connectivity index (χ4v) is 1.52. The minimum Gasteiger partial charge on any atom is -0.466 e. The molecule has 0 aliphatic carbocycles. The molecule has 0 saturated heterocycles. The van der Waals surface area contributed by atoms with Gasteiger partial charge in [-0.1, -0.05) is 39.0 Å². The van der Waals surface area contributed by atoms with Gasteiger partial charge in [0.2, 0.25) is 0 Å². The summed E-state index contributed by atoms with van der Waals surface area (Å²) in [5, 5.41) is 8.57. The highest BCUT2D eigenvalue weighted by Gasteiger charge is 2.01. The molecule has 3 heteroatoms. The van der Waals surface area contributed by atoms with Gasteiger partial charge in [0.05, 0.1) is 6.61 Å². The van der Waals surface area contributed by atoms with E-state index in [1.165, 1.54) is 12.8 Å². The minimum atomic E-state index is -0.0690. The first-order chi connectivity index (χ1) is 7.81. The molecule has 0 aromatic heterocycles. The van der Waals surface area contributed by atoms with Gasteiger partial charge in [0.1, 0.15) is 0 Å². The molecule has 0 rings (SSSR count). The Labute approximate surface area is 99.2 Å². The van der Waals surface area contributed by atoms with E-state index in [4.69, 9.17) is 9.84 Å². The van der Waals surface area contributed by atoms with Gasteiger partial charge in [-0.3, -0.25) is 4.79 Å². The number of aliphatic hydroxyl groups excluding tert-OH is 1. The summed E-state index contributed by atoms with van der Waals surface area (Å²) in [7, 11) is 0. The first-order valence-corrected chi connectivity index (χ1v) is 6.57. The molecule has 0 aliphatic rings. The second-order valence-electron chi connectivity index (χ2n) is 4.17. The first kappa shape index (κ1) is 15.4. The van der Waals surface area contributed by atoms with Gasteiger partial charge in [0.15, 0.2) is 0 Å². The maximum Gasteiger partial charge on any atom is 0.305 e. The van der Waals surface area contributed by atoms with E-state index in [9.17, 15) is 4.79 Å². The number of hydrogen-bond donors (Lipinski definition) is 1. The van der Waals surface area contributed by atoms with E-state index in [1.54, 1.807) is 0 Å². The van der Waals surface area contributed by atoms with E-state index in [-0.39, 0.29) is 12.6 Å². The normalized spacial score (nSPS) is 10.4. The average molecular weight is 230 g/mol. The molecule has 0 bridgehead atoms. The highest BCUT2D eigenvalue weighted by molar-refractivity contribution is 5.69. The van der Waals surface area contributed by atoms with Crippen molar-refractivity contribution in [1.29, 1.82) is 0 Å². The smallest absolute Gasteiger partial charge is 0.305 e. The van der Waals surface area contributed by atoms with Crippen LogP contribution in [0.15, 0.2) is 0 Å². The zero-order valence-electron chi connectivity index (χ0n) is 10.5. The standard InChI is InChI=1S/C13H26O3/c1-2-3-4-9-12-16-13(15)10-7-5-6-8-11-14/h14H,2-12H2,1H3. The highest BCUT2D eigenvalue weighted by Crippen LogP contribution is 2.04. The Bertz CT molecular complexity index is 141. The fraction of sp³-hybridized carbons (Fsp3) is 0.923. The van der Waals surface area contributed by atoms with Crippen LogP contribution in [0.5, 0.6) is 0 Å². The summed E-state index contributed by atoms with van der Waals surface area (Å²) in [6.45, 7) is 3.00. The first-order valence-electron chi connectivity index (χ1n) is 6.57. The van der Waals surface area contributed by atoms with Crippen LogP contribution in [0.3, 0.4) is 0 Å². The third-order valence-corrected chi connectivity index (χ3v) is 2.55. The highest BCUT2D eigenvalue weighted by atomic mass is 16.5. The zero-order chi connectivity index (χ0) is 12.1. The third-order valence-electron chi connectivity index (χ3n) is 2.55. The van der Waals surface area contributed by atoms with E-state index >= 15 is 0 Å². The van der Waals surface area contributed by atoms with Crippen LogP contribution in [-0.2, 0) is 9.53 Å². The summed E-state index contributed by atoms with van der Waals surface area (Å²) in [5.41, 5.74) is 0. The van der Waals surface area contributed by atoms with Crippen molar-refractivity contribution in [3.8, 4) is 0 Å². The minimum absolute atomic E-state index is 0.0690. The van der Waals surface area contributed by atoms with Crippen molar-refractivity contribution < 1.29 is 14.6 Å². The summed E-state index contributed by atoms with van der Waals surface area (Å²) in [6.07, 6.45) is 8.83. The van der Waals surface area contributed by atoms with Crippen LogP contribution in [0.25, 0.3) is 0 Å². The van der Waals surface area contributed by atoms with Gasteiger partial charge < -0.3 is 9.84 Å². The van der Waals surface area contributed by atoms with Crippen molar-refractivity contribution in [3.05, 3.63) is 0 Å². The molecule has 16 heavy (non-hydrogen) atoms. The van der Waals surface area contributed by atoms with Crippen LogP contribution in [-0.4, -0.2) is 24.3 Å². The Morgan fingerprint density at radius 1 is 1.00 bits per heavy atom. The van der Waals surface area contributed by atoms with Crippen molar-refractivity contribution in [2.45, 2.75) is 64.7 Å². The Morgan fingerprint density at radius 3 is 2.38 bits per heavy atom. The van der Waals surface area contributed by atoms with Gasteiger partial charge in [-0.05, 0) is 19.3 Å². The summed E-state index contributed by atoms with van der Waals surface area (Å²) < 4.78 is 5.11. The van der Waals surface area contributed by atoms with E-state index in [0.717, 1.165) is 38.5 Å². The molecule has 0 aromatic carbocycles. The van der Waals surface area contributed by atoms with Crippen LogP contribution < -0.4 is 0 Å². The molecule has 0 saturated carbocycles. The lowest BCUT2D eigenvalue weighted by atomic mass is 10.1. The summed E-state index contributed by atoms with van der Waals surface area (Å²) in [4.78, 5) is 11.2. The Balaban J connectivity index is 3.12. The lowest BCUT2D eigenvalue weighted by molar-refractivity contribution is -0.143. The summed E-state index contributed by atoms with van der Waals surface area (Å²) in [5.74, 6) is -0.0690. The maximum atomic E-state index is 11.2. The van der Waals surface area contributed by atoms with Crippen LogP contribution in [0, 0.1) is 0 Å². The van der Waals surface area contributed by atoms with Gasteiger partial charge in [0, 0.05) is 13.0 Å². The molecular weight excluding hydrogens is 204 g/mol. The number of carbonyl (C=O) groups is 1. The molecule has 96 valence electrons. The molecule has 1 N–H and O–H groups in total. The van der Waals surface area contributed by atoms with Crippen LogP contribution in [0.2, 0.25) is 0 Å². The number of carbonyl (C=O) groups excluding carboxylic acids is 1. The quantitative estimate of drug-likeness (QED) is 0.438. The molecule has 0 spiro atoms.